The lowest BCUT2D eigenvalue weighted by Crippen LogP contribution is -2.29. The molecule has 2 rings (SSSR count). The normalized spacial score (nSPS) is 15.8. The van der Waals surface area contributed by atoms with Crippen molar-refractivity contribution in [3.05, 3.63) is 33.9 Å². The van der Waals surface area contributed by atoms with E-state index in [1.54, 1.807) is 12.1 Å². The van der Waals surface area contributed by atoms with Crippen molar-refractivity contribution < 1.29 is 4.92 Å². The Morgan fingerprint density at radius 1 is 1.40 bits per heavy atom. The summed E-state index contributed by atoms with van der Waals surface area (Å²) in [6.45, 7) is 3.40. The van der Waals surface area contributed by atoms with Gasteiger partial charge in [-0.3, -0.25) is 15.0 Å². The summed E-state index contributed by atoms with van der Waals surface area (Å²) in [6.07, 6.45) is 5.07. The molecular weight excluding hydrogens is 254 g/mol. The lowest BCUT2D eigenvalue weighted by atomic mass is 10.1. The van der Waals surface area contributed by atoms with Crippen LogP contribution < -0.4 is 5.32 Å². The predicted octanol–water partition coefficient (Wildman–Crippen LogP) is 3.40. The van der Waals surface area contributed by atoms with E-state index in [1.807, 2.05) is 13.0 Å². The minimum absolute atomic E-state index is 0.171. The van der Waals surface area contributed by atoms with Crippen LogP contribution in [0.1, 0.15) is 38.2 Å². The fraction of sp³-hybridized carbons (Fsp3) is 0.600. The predicted molar refractivity (Wildman–Crippen MR) is 81.0 cm³/mol. The highest BCUT2D eigenvalue weighted by atomic mass is 16.6. The van der Waals surface area contributed by atoms with Crippen LogP contribution in [-0.4, -0.2) is 29.5 Å². The molecule has 0 aromatic heterocycles. The minimum Gasteiger partial charge on any atom is -0.380 e. The summed E-state index contributed by atoms with van der Waals surface area (Å²) in [4.78, 5) is 13.2. The number of benzene rings is 1. The van der Waals surface area contributed by atoms with E-state index >= 15 is 0 Å². The van der Waals surface area contributed by atoms with E-state index in [0.29, 0.717) is 18.3 Å². The van der Waals surface area contributed by atoms with E-state index in [4.69, 9.17) is 0 Å². The molecule has 0 unspecified atom stereocenters. The number of para-hydroxylation sites is 1. The number of nitrogens with zero attached hydrogens (tertiary/aromatic N) is 2. The van der Waals surface area contributed by atoms with Crippen molar-refractivity contribution in [3.63, 3.8) is 0 Å². The molecule has 1 aromatic carbocycles. The molecule has 1 N–H and O–H groups in total. The van der Waals surface area contributed by atoms with Gasteiger partial charge < -0.3 is 5.32 Å². The van der Waals surface area contributed by atoms with Gasteiger partial charge in [0.15, 0.2) is 0 Å². The average molecular weight is 277 g/mol. The molecule has 0 aliphatic heterocycles. The summed E-state index contributed by atoms with van der Waals surface area (Å²) in [6, 6.07) is 5.94. The van der Waals surface area contributed by atoms with Crippen molar-refractivity contribution in [2.24, 2.45) is 0 Å². The lowest BCUT2D eigenvalue weighted by Gasteiger charge is -2.25. The van der Waals surface area contributed by atoms with Crippen molar-refractivity contribution >= 4 is 11.4 Å². The molecule has 0 heterocycles. The molecule has 0 saturated heterocycles. The highest BCUT2D eigenvalue weighted by molar-refractivity contribution is 5.66. The zero-order valence-electron chi connectivity index (χ0n) is 12.3. The van der Waals surface area contributed by atoms with Crippen LogP contribution in [0.2, 0.25) is 0 Å². The Morgan fingerprint density at radius 3 is 2.70 bits per heavy atom. The van der Waals surface area contributed by atoms with E-state index in [9.17, 15) is 10.1 Å². The van der Waals surface area contributed by atoms with Gasteiger partial charge in [0.05, 0.1) is 4.92 Å². The second-order valence-electron chi connectivity index (χ2n) is 5.45. The molecule has 1 aliphatic rings. The van der Waals surface area contributed by atoms with Crippen molar-refractivity contribution in [2.75, 3.05) is 18.9 Å². The quantitative estimate of drug-likeness (QED) is 0.639. The molecule has 1 fully saturated rings. The number of hydrogen-bond donors (Lipinski definition) is 1. The van der Waals surface area contributed by atoms with Crippen LogP contribution in [0.3, 0.4) is 0 Å². The topological polar surface area (TPSA) is 58.4 Å². The maximum Gasteiger partial charge on any atom is 0.292 e. The number of nitro benzene ring substituents is 1. The van der Waals surface area contributed by atoms with Crippen LogP contribution in [-0.2, 0) is 6.54 Å². The molecule has 1 aliphatic carbocycles. The van der Waals surface area contributed by atoms with Crippen molar-refractivity contribution in [1.82, 2.24) is 4.90 Å². The monoisotopic (exact) mass is 277 g/mol. The van der Waals surface area contributed by atoms with Crippen molar-refractivity contribution in [2.45, 2.75) is 45.2 Å². The number of nitro groups is 1. The Kier molecular flexibility index (Phi) is 4.95. The molecule has 5 heteroatoms. The Hall–Kier alpha value is -1.62. The summed E-state index contributed by atoms with van der Waals surface area (Å²) >= 11 is 0. The Labute approximate surface area is 120 Å². The van der Waals surface area contributed by atoms with E-state index in [-0.39, 0.29) is 10.6 Å². The second kappa shape index (κ2) is 6.70. The van der Waals surface area contributed by atoms with Gasteiger partial charge in [-0.15, -0.1) is 0 Å². The number of anilines is 1. The smallest absolute Gasteiger partial charge is 0.292 e. The SMILES string of the molecule is CCNc1c(CN(C)C2CCCC2)cccc1[N+](=O)[O-]. The first-order chi connectivity index (χ1) is 9.63. The number of rotatable bonds is 6. The van der Waals surface area contributed by atoms with Gasteiger partial charge in [0, 0.05) is 25.2 Å². The second-order valence-corrected chi connectivity index (χ2v) is 5.45. The zero-order chi connectivity index (χ0) is 14.5. The minimum atomic E-state index is -0.308. The van der Waals surface area contributed by atoms with Crippen LogP contribution in [0, 0.1) is 10.1 Å². The van der Waals surface area contributed by atoms with Gasteiger partial charge in [-0.1, -0.05) is 25.0 Å². The van der Waals surface area contributed by atoms with Gasteiger partial charge in [-0.25, -0.2) is 0 Å². The first-order valence-electron chi connectivity index (χ1n) is 7.34. The Bertz CT molecular complexity index is 470. The van der Waals surface area contributed by atoms with E-state index in [1.165, 1.54) is 25.7 Å². The van der Waals surface area contributed by atoms with Gasteiger partial charge in [-0.2, -0.15) is 0 Å². The first kappa shape index (κ1) is 14.8. The average Bonchev–Trinajstić information content (AvgIpc) is 2.94. The van der Waals surface area contributed by atoms with Crippen LogP contribution in [0.5, 0.6) is 0 Å². The van der Waals surface area contributed by atoms with Crippen LogP contribution in [0.15, 0.2) is 18.2 Å². The Morgan fingerprint density at radius 2 is 2.10 bits per heavy atom. The first-order valence-corrected chi connectivity index (χ1v) is 7.34. The third-order valence-corrected chi connectivity index (χ3v) is 4.05. The van der Waals surface area contributed by atoms with Gasteiger partial charge in [-0.05, 0) is 32.4 Å². The van der Waals surface area contributed by atoms with E-state index in [2.05, 4.69) is 17.3 Å². The molecule has 0 atom stereocenters. The summed E-state index contributed by atoms with van der Waals surface area (Å²) in [7, 11) is 2.12. The maximum absolute atomic E-state index is 11.1. The summed E-state index contributed by atoms with van der Waals surface area (Å²) in [5.41, 5.74) is 1.85. The Balaban J connectivity index is 2.21. The number of nitrogens with one attached hydrogen (secondary N) is 1. The van der Waals surface area contributed by atoms with Crippen LogP contribution in [0.25, 0.3) is 0 Å². The molecule has 0 amide bonds. The molecular formula is C15H23N3O2. The molecule has 0 radical (unpaired) electrons. The lowest BCUT2D eigenvalue weighted by molar-refractivity contribution is -0.384. The highest BCUT2D eigenvalue weighted by Gasteiger charge is 2.22. The molecule has 20 heavy (non-hydrogen) atoms. The third kappa shape index (κ3) is 3.28. The third-order valence-electron chi connectivity index (χ3n) is 4.05. The zero-order valence-corrected chi connectivity index (χ0v) is 12.3. The van der Waals surface area contributed by atoms with Crippen molar-refractivity contribution in [3.8, 4) is 0 Å². The van der Waals surface area contributed by atoms with Crippen molar-refractivity contribution in [1.29, 1.82) is 0 Å². The molecule has 0 spiro atoms. The van der Waals surface area contributed by atoms with Crippen LogP contribution in [0.4, 0.5) is 11.4 Å². The largest absolute Gasteiger partial charge is 0.380 e. The fourth-order valence-electron chi connectivity index (χ4n) is 2.99. The maximum atomic E-state index is 11.1. The van der Waals surface area contributed by atoms with Gasteiger partial charge in [0.25, 0.3) is 5.69 Å². The summed E-state index contributed by atoms with van der Waals surface area (Å²) in [5.74, 6) is 0. The molecule has 110 valence electrons. The van der Waals surface area contributed by atoms with E-state index < -0.39 is 0 Å². The van der Waals surface area contributed by atoms with Gasteiger partial charge in [0.2, 0.25) is 0 Å². The molecule has 5 nitrogen and oxygen atoms in total. The number of hydrogen-bond acceptors (Lipinski definition) is 4. The summed E-state index contributed by atoms with van der Waals surface area (Å²) < 4.78 is 0. The van der Waals surface area contributed by atoms with E-state index in [0.717, 1.165) is 12.1 Å². The molecule has 1 aromatic rings. The van der Waals surface area contributed by atoms with Crippen LogP contribution >= 0.6 is 0 Å². The fourth-order valence-corrected chi connectivity index (χ4v) is 2.99. The van der Waals surface area contributed by atoms with Gasteiger partial charge in [0.1, 0.15) is 5.69 Å². The molecule has 0 bridgehead atoms. The summed E-state index contributed by atoms with van der Waals surface area (Å²) in [5, 5.41) is 14.3. The molecule has 1 saturated carbocycles. The van der Waals surface area contributed by atoms with Gasteiger partial charge >= 0.3 is 0 Å². The highest BCUT2D eigenvalue weighted by Crippen LogP contribution is 2.31. The standard InChI is InChI=1S/C15H23N3O2/c1-3-16-15-12(7-6-10-14(15)18(19)20)11-17(2)13-8-4-5-9-13/h6-7,10,13,16H,3-5,8-9,11H2,1-2H3.